The molecular weight excluding hydrogens is 441 g/mol. The smallest absolute Gasteiger partial charge is 0.406 e. The van der Waals surface area contributed by atoms with E-state index in [-0.39, 0.29) is 12.2 Å². The minimum atomic E-state index is -4.82. The van der Waals surface area contributed by atoms with Gasteiger partial charge in [-0.3, -0.25) is 4.79 Å². The highest BCUT2D eigenvalue weighted by atomic mass is 35.5. The molecule has 0 aliphatic carbocycles. The van der Waals surface area contributed by atoms with Crippen molar-refractivity contribution in [3.8, 4) is 11.4 Å². The Hall–Kier alpha value is -3.15. The van der Waals surface area contributed by atoms with Crippen LogP contribution in [-0.2, 0) is 11.3 Å². The summed E-state index contributed by atoms with van der Waals surface area (Å²) in [5.74, 6) is -0.892. The van der Waals surface area contributed by atoms with Gasteiger partial charge < -0.3 is 20.3 Å². The number of rotatable bonds is 7. The third-order valence-corrected chi connectivity index (χ3v) is 4.29. The molecular formula is C19H16ClF3N4O4. The number of aliphatic hydroxyl groups excluding tert-OH is 2. The van der Waals surface area contributed by atoms with Crippen LogP contribution in [0.2, 0.25) is 0 Å². The number of fused-ring (bicyclic) bond motifs is 1. The zero-order valence-corrected chi connectivity index (χ0v) is 16.4. The Balaban J connectivity index is 2.06. The Labute approximate surface area is 178 Å². The summed E-state index contributed by atoms with van der Waals surface area (Å²) in [7, 11) is 0. The van der Waals surface area contributed by atoms with E-state index in [2.05, 4.69) is 20.1 Å². The number of aromatic nitrogens is 3. The topological polar surface area (TPSA) is 110 Å². The molecule has 0 saturated heterocycles. The van der Waals surface area contributed by atoms with Crippen molar-refractivity contribution >= 4 is 28.5 Å². The van der Waals surface area contributed by atoms with Gasteiger partial charge in [0.05, 0.1) is 29.9 Å². The summed E-state index contributed by atoms with van der Waals surface area (Å²) in [5, 5.41) is 26.9. The maximum atomic E-state index is 12.4. The first-order valence-electron chi connectivity index (χ1n) is 8.79. The van der Waals surface area contributed by atoms with E-state index in [1.807, 2.05) is 0 Å². The van der Waals surface area contributed by atoms with E-state index in [4.69, 9.17) is 11.6 Å². The molecule has 3 N–H and O–H groups in total. The number of carbonyl (C=O) groups is 1. The van der Waals surface area contributed by atoms with Crippen LogP contribution >= 0.6 is 11.6 Å². The molecule has 2 heterocycles. The SMILES string of the molecule is O=C(/C=C\Cl)NCc1nn(-c2ccc(OC(F)(F)F)cc2)c2nccc([C@H](O)CO)c12. The number of benzene rings is 1. The van der Waals surface area contributed by atoms with E-state index in [1.54, 1.807) is 0 Å². The van der Waals surface area contributed by atoms with Crippen molar-refractivity contribution in [2.75, 3.05) is 6.61 Å². The molecule has 0 bridgehead atoms. The van der Waals surface area contributed by atoms with Crippen molar-refractivity contribution in [2.45, 2.75) is 19.0 Å². The molecule has 0 fully saturated rings. The van der Waals surface area contributed by atoms with Gasteiger partial charge in [-0.25, -0.2) is 9.67 Å². The standard InChI is InChI=1S/C19H16ClF3N4O4/c20-7-5-16(30)25-9-14-17-13(15(29)10-28)6-8-24-18(17)27(26-14)11-1-3-12(4-2-11)31-19(21,22)23/h1-8,15,28-29H,9-10H2,(H,25,30)/b7-5-/t15-/m1/s1. The fourth-order valence-corrected chi connectivity index (χ4v) is 3.01. The normalized spacial score (nSPS) is 13.0. The Morgan fingerprint density at radius 1 is 1.29 bits per heavy atom. The molecule has 0 spiro atoms. The van der Waals surface area contributed by atoms with Gasteiger partial charge in [-0.05, 0) is 35.9 Å². The van der Waals surface area contributed by atoms with Crippen LogP contribution in [-0.4, -0.2) is 43.9 Å². The van der Waals surface area contributed by atoms with Gasteiger partial charge in [0.25, 0.3) is 0 Å². The molecule has 164 valence electrons. The van der Waals surface area contributed by atoms with Gasteiger partial charge in [-0.1, -0.05) is 11.6 Å². The lowest BCUT2D eigenvalue weighted by Gasteiger charge is -2.10. The van der Waals surface area contributed by atoms with Gasteiger partial charge >= 0.3 is 6.36 Å². The zero-order valence-electron chi connectivity index (χ0n) is 15.7. The fraction of sp³-hybridized carbons (Fsp3) is 0.211. The van der Waals surface area contributed by atoms with Gasteiger partial charge in [-0.15, -0.1) is 13.2 Å². The van der Waals surface area contributed by atoms with Crippen LogP contribution < -0.4 is 10.1 Å². The van der Waals surface area contributed by atoms with Crippen LogP contribution in [0.15, 0.2) is 48.1 Å². The predicted molar refractivity (Wildman–Crippen MR) is 104 cm³/mol. The number of halogens is 4. The summed E-state index contributed by atoms with van der Waals surface area (Å²) in [5.41, 5.74) is 2.32. The van der Waals surface area contributed by atoms with Crippen LogP contribution in [0.4, 0.5) is 13.2 Å². The van der Waals surface area contributed by atoms with Crippen molar-refractivity contribution in [1.82, 2.24) is 20.1 Å². The number of hydrogen-bond acceptors (Lipinski definition) is 6. The highest BCUT2D eigenvalue weighted by Crippen LogP contribution is 2.29. The van der Waals surface area contributed by atoms with Crippen LogP contribution in [0.1, 0.15) is 17.4 Å². The minimum absolute atomic E-state index is 0.0598. The molecule has 31 heavy (non-hydrogen) atoms. The largest absolute Gasteiger partial charge is 0.573 e. The quantitative estimate of drug-likeness (QED) is 0.472. The molecule has 0 saturated carbocycles. The molecule has 1 aromatic carbocycles. The highest BCUT2D eigenvalue weighted by Gasteiger charge is 2.31. The van der Waals surface area contributed by atoms with Gasteiger partial charge in [-0.2, -0.15) is 5.10 Å². The van der Waals surface area contributed by atoms with Gasteiger partial charge in [0, 0.05) is 17.8 Å². The lowest BCUT2D eigenvalue weighted by atomic mass is 10.1. The second-order valence-electron chi connectivity index (χ2n) is 6.21. The van der Waals surface area contributed by atoms with E-state index in [0.717, 1.165) is 23.7 Å². The summed E-state index contributed by atoms with van der Waals surface area (Å²) in [6, 6.07) is 6.44. The van der Waals surface area contributed by atoms with E-state index in [9.17, 15) is 28.2 Å². The fourth-order valence-electron chi connectivity index (χ4n) is 2.90. The lowest BCUT2D eigenvalue weighted by molar-refractivity contribution is -0.274. The number of hydrogen-bond donors (Lipinski definition) is 3. The van der Waals surface area contributed by atoms with Crippen LogP contribution in [0.5, 0.6) is 5.75 Å². The summed E-state index contributed by atoms with van der Waals surface area (Å²) in [6.45, 7) is -0.621. The molecule has 3 aromatic rings. The molecule has 2 aromatic heterocycles. The Morgan fingerprint density at radius 2 is 2.00 bits per heavy atom. The second-order valence-corrected chi connectivity index (χ2v) is 6.46. The number of nitrogens with zero attached hydrogens (tertiary/aromatic N) is 3. The molecule has 3 rings (SSSR count). The van der Waals surface area contributed by atoms with E-state index in [0.29, 0.717) is 22.3 Å². The molecule has 12 heteroatoms. The summed E-state index contributed by atoms with van der Waals surface area (Å²) >= 11 is 5.38. The summed E-state index contributed by atoms with van der Waals surface area (Å²) in [6.07, 6.45) is -3.56. The predicted octanol–water partition coefficient (Wildman–Crippen LogP) is 2.71. The molecule has 1 atom stereocenters. The van der Waals surface area contributed by atoms with Gasteiger partial charge in [0.1, 0.15) is 11.9 Å². The minimum Gasteiger partial charge on any atom is -0.406 e. The zero-order chi connectivity index (χ0) is 22.6. The molecule has 1 amide bonds. The maximum absolute atomic E-state index is 12.4. The molecule has 0 unspecified atom stereocenters. The van der Waals surface area contributed by atoms with Crippen LogP contribution in [0.3, 0.4) is 0 Å². The van der Waals surface area contributed by atoms with Crippen molar-refractivity contribution in [3.05, 3.63) is 59.4 Å². The average Bonchev–Trinajstić information content (AvgIpc) is 3.10. The van der Waals surface area contributed by atoms with Crippen molar-refractivity contribution < 1.29 is 32.9 Å². The van der Waals surface area contributed by atoms with E-state index in [1.165, 1.54) is 29.1 Å². The number of carbonyl (C=O) groups excluding carboxylic acids is 1. The lowest BCUT2D eigenvalue weighted by Crippen LogP contribution is -2.21. The summed E-state index contributed by atoms with van der Waals surface area (Å²) < 4.78 is 42.4. The molecule has 8 nitrogen and oxygen atoms in total. The number of aliphatic hydroxyl groups is 2. The first kappa shape index (κ1) is 22.5. The maximum Gasteiger partial charge on any atom is 0.573 e. The number of ether oxygens (including phenoxy) is 1. The summed E-state index contributed by atoms with van der Waals surface area (Å²) in [4.78, 5) is 16.0. The molecule has 0 aliphatic heterocycles. The van der Waals surface area contributed by atoms with Crippen LogP contribution in [0, 0.1) is 0 Å². The first-order chi connectivity index (χ1) is 14.7. The number of nitrogens with one attached hydrogen (secondary N) is 1. The van der Waals surface area contributed by atoms with Crippen molar-refractivity contribution in [2.24, 2.45) is 0 Å². The van der Waals surface area contributed by atoms with E-state index < -0.39 is 30.7 Å². The van der Waals surface area contributed by atoms with Crippen molar-refractivity contribution in [1.29, 1.82) is 0 Å². The Kier molecular flexibility index (Phi) is 6.78. The van der Waals surface area contributed by atoms with Gasteiger partial charge in [0.2, 0.25) is 5.91 Å². The van der Waals surface area contributed by atoms with E-state index >= 15 is 0 Å². The third-order valence-electron chi connectivity index (χ3n) is 4.16. The number of alkyl halides is 3. The second kappa shape index (κ2) is 9.33. The average molecular weight is 457 g/mol. The number of amides is 1. The highest BCUT2D eigenvalue weighted by molar-refractivity contribution is 6.26. The Bertz CT molecular complexity index is 1100. The Morgan fingerprint density at radius 3 is 2.61 bits per heavy atom. The van der Waals surface area contributed by atoms with Gasteiger partial charge in [0.15, 0.2) is 5.65 Å². The monoisotopic (exact) mass is 456 g/mol. The number of pyridine rings is 1. The molecule has 0 aliphatic rings. The van der Waals surface area contributed by atoms with Crippen molar-refractivity contribution in [3.63, 3.8) is 0 Å². The molecule has 0 radical (unpaired) electrons. The van der Waals surface area contributed by atoms with Crippen LogP contribution in [0.25, 0.3) is 16.7 Å². The third kappa shape index (κ3) is 5.32. The first-order valence-corrected chi connectivity index (χ1v) is 9.23.